The molecular formula is C70H112O44S8. The zero-order valence-electron chi connectivity index (χ0n) is 65.7. The standard InChI is InChI=1S/C70H112O44S8/c1-3-115-17-25-55-40(84)48(92)64(100-25)109-57-27(19-117-11-5-33(71)72)102-66(50(94)42(57)86)111-59-29(21-119-13-7-35(75)76)104-68(52(96)44(59)88)113-61-31(23-121-15-9-37(79)80)106-70(54(98)46(61)90)114-62-32(24-122-16-10-38(81)82)105-69(53(97)45(62)89)112-60-30(22-120-14-8-36(77)78)103-67(51(95)43(60)87)110-58-28(20-118-12-6-34(73)74)101-65(49(93)41(58)85)108-56-26(18-116-4-2)99-63(107-55)47(91)39(56)83/h25-32,39-70,83-98H,3-24H2,1-2H3,(H,71,72)(H,73,74)(H,75,76)(H,77,78)(H,79,80)(H,81,82). The SMILES string of the molecule is CCSCC1OC2OC3C(CSCCC(=O)O)OC(OC4C(CSCCC(=O)O)OC(OC5C(CSCCC(=O)O)OC(OC6C(CSCCC(=O)O)OC(OC7C(CSCCC(=O)O)OC(OC8C(CSCCC(=O)O)OC(OC9C(CSCC)OC(OC1C(O)C2O)C(O)C9O)C(O)C8O)C(O)C7O)C(O)C6O)C(O)C5O)C(O)C4O)C(O)C3O. The summed E-state index contributed by atoms with van der Waals surface area (Å²) in [5.41, 5.74) is 0. The molecule has 0 aromatic rings. The van der Waals surface area contributed by atoms with Crippen molar-refractivity contribution in [2.24, 2.45) is 0 Å². The summed E-state index contributed by atoms with van der Waals surface area (Å²) in [6.07, 6.45) is -80.7. The van der Waals surface area contributed by atoms with Crippen LogP contribution in [0, 0.1) is 0 Å². The van der Waals surface area contributed by atoms with E-state index in [-0.39, 0.29) is 80.5 Å². The molecule has 122 heavy (non-hydrogen) atoms. The zero-order valence-corrected chi connectivity index (χ0v) is 72.3. The summed E-state index contributed by atoms with van der Waals surface area (Å²) in [6, 6.07) is 0. The molecule has 44 nitrogen and oxygen atoms in total. The van der Waals surface area contributed by atoms with E-state index < -0.39 is 320 Å². The molecule has 30 saturated heterocycles. The Morgan fingerprint density at radius 2 is 0.303 bits per heavy atom. The van der Waals surface area contributed by atoms with Crippen molar-refractivity contribution in [3.8, 4) is 0 Å². The number of aliphatic hydroxyl groups is 16. The van der Waals surface area contributed by atoms with E-state index in [0.29, 0.717) is 11.5 Å². The molecule has 0 amide bonds. The minimum absolute atomic E-state index is 0.0727. The van der Waals surface area contributed by atoms with Gasteiger partial charge in [-0.05, 0) is 11.5 Å². The lowest BCUT2D eigenvalue weighted by Gasteiger charge is -2.51. The predicted molar refractivity (Wildman–Crippen MR) is 428 cm³/mol. The summed E-state index contributed by atoms with van der Waals surface area (Å²) in [5, 5.41) is 252. The Hall–Kier alpha value is -1.66. The molecule has 30 aliphatic rings. The fourth-order valence-electron chi connectivity index (χ4n) is 14.4. The van der Waals surface area contributed by atoms with E-state index in [0.717, 1.165) is 70.6 Å². The molecule has 0 saturated carbocycles. The van der Waals surface area contributed by atoms with Crippen molar-refractivity contribution in [1.82, 2.24) is 0 Å². The average Bonchev–Trinajstić information content (AvgIpc) is 0.761. The van der Waals surface area contributed by atoms with E-state index in [1.807, 2.05) is 0 Å². The highest BCUT2D eigenvalue weighted by Gasteiger charge is 2.61. The van der Waals surface area contributed by atoms with Crippen LogP contribution in [-0.4, -0.2) is 486 Å². The molecule has 40 unspecified atom stereocenters. The number of aliphatic hydroxyl groups excluding tert-OH is 16. The number of hydrogen-bond donors (Lipinski definition) is 22. The first-order chi connectivity index (χ1) is 58.0. The van der Waals surface area contributed by atoms with Gasteiger partial charge in [0.05, 0.1) is 87.4 Å². The maximum absolute atomic E-state index is 12.3. The first-order valence-electron chi connectivity index (χ1n) is 39.3. The van der Waals surface area contributed by atoms with Gasteiger partial charge in [0, 0.05) is 80.5 Å². The highest BCUT2D eigenvalue weighted by Crippen LogP contribution is 2.43. The number of thioether (sulfide) groups is 8. The van der Waals surface area contributed by atoms with Gasteiger partial charge in [0.25, 0.3) is 0 Å². The van der Waals surface area contributed by atoms with Crippen LogP contribution in [0.15, 0.2) is 0 Å². The van der Waals surface area contributed by atoms with E-state index in [4.69, 9.17) is 75.8 Å². The van der Waals surface area contributed by atoms with Crippen molar-refractivity contribution in [1.29, 1.82) is 0 Å². The normalized spacial score (nSPS) is 43.0. The molecule has 704 valence electrons. The van der Waals surface area contributed by atoms with Crippen LogP contribution in [-0.2, 0) is 105 Å². The van der Waals surface area contributed by atoms with Crippen molar-refractivity contribution < 1.29 is 217 Å². The van der Waals surface area contributed by atoms with E-state index in [1.165, 1.54) is 23.5 Å². The minimum atomic E-state index is -2.29. The van der Waals surface area contributed by atoms with Crippen LogP contribution in [0.25, 0.3) is 0 Å². The van der Waals surface area contributed by atoms with Crippen molar-refractivity contribution in [2.75, 3.05) is 92.0 Å². The number of aliphatic carboxylic acids is 6. The fraction of sp³-hybridized carbons (Fsp3) is 0.914. The summed E-state index contributed by atoms with van der Waals surface area (Å²) in [5.74, 6) is -9.34. The van der Waals surface area contributed by atoms with Gasteiger partial charge >= 0.3 is 35.8 Å². The molecule has 30 aliphatic heterocycles. The first-order valence-corrected chi connectivity index (χ1v) is 48.6. The summed E-state index contributed by atoms with van der Waals surface area (Å²) >= 11 is 8.00. The van der Waals surface area contributed by atoms with Gasteiger partial charge < -0.3 is 188 Å². The lowest BCUT2D eigenvalue weighted by Crippen LogP contribution is -2.69. The second-order valence-electron chi connectivity index (χ2n) is 29.6. The third kappa shape index (κ3) is 28.2. The summed E-state index contributed by atoms with van der Waals surface area (Å²) < 4.78 is 101. The number of rotatable bonds is 36. The molecule has 0 radical (unpaired) electrons. The number of carbonyl (C=O) groups is 6. The van der Waals surface area contributed by atoms with Crippen molar-refractivity contribution in [2.45, 2.75) is 298 Å². The molecule has 52 heteroatoms. The lowest BCUT2D eigenvalue weighted by molar-refractivity contribution is -0.396. The molecule has 0 spiro atoms. The van der Waals surface area contributed by atoms with Gasteiger partial charge in [0.15, 0.2) is 50.3 Å². The van der Waals surface area contributed by atoms with Crippen LogP contribution >= 0.6 is 94.1 Å². The van der Waals surface area contributed by atoms with E-state index in [1.54, 1.807) is 13.8 Å². The van der Waals surface area contributed by atoms with Crippen molar-refractivity contribution in [3.63, 3.8) is 0 Å². The number of ether oxygens (including phenoxy) is 16. The largest absolute Gasteiger partial charge is 0.481 e. The molecule has 16 bridgehead atoms. The predicted octanol–water partition coefficient (Wildman–Crippen LogP) is -6.59. The third-order valence-electron chi connectivity index (χ3n) is 20.9. The Labute approximate surface area is 732 Å². The monoisotopic (exact) mass is 1910 g/mol. The van der Waals surface area contributed by atoms with E-state index in [9.17, 15) is 141 Å². The Balaban J connectivity index is 1.10. The van der Waals surface area contributed by atoms with Gasteiger partial charge in [0.1, 0.15) is 146 Å². The minimum Gasteiger partial charge on any atom is -0.481 e. The molecule has 22 N–H and O–H groups in total. The number of hydrogen-bond acceptors (Lipinski definition) is 46. The summed E-state index contributed by atoms with van der Waals surface area (Å²) in [4.78, 5) is 70.6. The van der Waals surface area contributed by atoms with Crippen LogP contribution in [0.3, 0.4) is 0 Å². The van der Waals surface area contributed by atoms with Crippen molar-refractivity contribution >= 4 is 130 Å². The fourth-order valence-corrected chi connectivity index (χ4v) is 21.8. The molecular weight excluding hydrogens is 1800 g/mol. The maximum atomic E-state index is 12.3. The van der Waals surface area contributed by atoms with Crippen molar-refractivity contribution in [3.05, 3.63) is 0 Å². The molecule has 0 aliphatic carbocycles. The molecule has 0 aromatic heterocycles. The van der Waals surface area contributed by atoms with Gasteiger partial charge in [-0.1, -0.05) is 13.8 Å². The topological polar surface area (TPSA) is 695 Å². The van der Waals surface area contributed by atoms with Crippen LogP contribution in [0.5, 0.6) is 0 Å². The Kier molecular flexibility index (Phi) is 42.9. The Bertz CT molecular complexity index is 3130. The molecule has 30 heterocycles. The lowest BCUT2D eigenvalue weighted by atomic mass is 9.95. The van der Waals surface area contributed by atoms with Gasteiger partial charge in [-0.2, -0.15) is 94.1 Å². The Morgan fingerprint density at radius 3 is 0.410 bits per heavy atom. The molecule has 30 rings (SSSR count). The quantitative estimate of drug-likeness (QED) is 0.0259. The van der Waals surface area contributed by atoms with Crippen LogP contribution in [0.1, 0.15) is 52.4 Å². The van der Waals surface area contributed by atoms with E-state index in [2.05, 4.69) is 0 Å². The molecule has 0 aromatic carbocycles. The van der Waals surface area contributed by atoms with E-state index >= 15 is 0 Å². The van der Waals surface area contributed by atoms with Gasteiger partial charge in [-0.15, -0.1) is 0 Å². The smallest absolute Gasteiger partial charge is 0.304 e. The molecule has 30 fully saturated rings. The molecule has 40 atom stereocenters. The highest BCUT2D eigenvalue weighted by molar-refractivity contribution is 8.00. The highest BCUT2D eigenvalue weighted by atomic mass is 32.2. The van der Waals surface area contributed by atoms with Gasteiger partial charge in [-0.3, -0.25) is 28.8 Å². The maximum Gasteiger partial charge on any atom is 0.304 e. The Morgan fingerprint density at radius 1 is 0.189 bits per heavy atom. The third-order valence-corrected chi connectivity index (χ3v) is 29.2. The average molecular weight is 1910 g/mol. The van der Waals surface area contributed by atoms with Crippen LogP contribution in [0.2, 0.25) is 0 Å². The number of carboxylic acids is 6. The van der Waals surface area contributed by atoms with Crippen LogP contribution < -0.4 is 0 Å². The van der Waals surface area contributed by atoms with Gasteiger partial charge in [-0.25, -0.2) is 0 Å². The number of carboxylic acid groups (broad SMARTS) is 6. The second-order valence-corrected chi connectivity index (χ2v) is 39.2. The van der Waals surface area contributed by atoms with Gasteiger partial charge in [0.2, 0.25) is 0 Å². The van der Waals surface area contributed by atoms with Crippen LogP contribution in [0.4, 0.5) is 0 Å². The summed E-state index contributed by atoms with van der Waals surface area (Å²) in [7, 11) is 0. The second kappa shape index (κ2) is 50.3. The zero-order chi connectivity index (χ0) is 89.1. The summed E-state index contributed by atoms with van der Waals surface area (Å²) in [6.45, 7) is 3.54. The first kappa shape index (κ1) is 104.